The molecule has 0 aliphatic rings. The van der Waals surface area contributed by atoms with E-state index >= 15 is 0 Å². The number of hydrogen-bond acceptors (Lipinski definition) is 5. The molecule has 2 rings (SSSR count). The number of carbonyl (C=O) groups is 2. The first-order chi connectivity index (χ1) is 12.7. The number of carboxylic acid groups (broad SMARTS) is 2. The van der Waals surface area contributed by atoms with Gasteiger partial charge < -0.3 is 19.7 Å². The van der Waals surface area contributed by atoms with Crippen molar-refractivity contribution in [1.82, 2.24) is 0 Å². The molecule has 6 nitrogen and oxygen atoms in total. The van der Waals surface area contributed by atoms with Crippen molar-refractivity contribution in [3.8, 4) is 11.5 Å². The highest BCUT2D eigenvalue weighted by Gasteiger charge is 2.19. The van der Waals surface area contributed by atoms with E-state index in [9.17, 15) is 9.59 Å². The zero-order chi connectivity index (χ0) is 20.1. The highest BCUT2D eigenvalue weighted by atomic mass is 35.5. The third-order valence-corrected chi connectivity index (χ3v) is 4.89. The summed E-state index contributed by atoms with van der Waals surface area (Å²) in [6.45, 7) is -1.23. The second-order valence-electron chi connectivity index (χ2n) is 4.90. The first kappa shape index (κ1) is 21.8. The van der Waals surface area contributed by atoms with Crippen molar-refractivity contribution < 1.29 is 29.3 Å². The fourth-order valence-corrected chi connectivity index (χ4v) is 4.36. The Balaban J connectivity index is 2.46. The third-order valence-electron chi connectivity index (χ3n) is 2.85. The molecule has 0 aliphatic heterocycles. The maximum atomic E-state index is 10.8. The average Bonchev–Trinajstić information content (AvgIpc) is 2.52. The lowest BCUT2D eigenvalue weighted by atomic mass is 10.3. The van der Waals surface area contributed by atoms with Crippen molar-refractivity contribution >= 4 is 70.1 Å². The zero-order valence-electron chi connectivity index (χ0n) is 13.2. The molecule has 0 atom stereocenters. The lowest BCUT2D eigenvalue weighted by Gasteiger charge is -2.15. The summed E-state index contributed by atoms with van der Waals surface area (Å²) in [6.07, 6.45) is 0. The van der Waals surface area contributed by atoms with Gasteiger partial charge in [0.05, 0.1) is 19.8 Å². The van der Waals surface area contributed by atoms with Crippen LogP contribution in [0, 0.1) is 0 Å². The van der Waals surface area contributed by atoms with Crippen LogP contribution >= 0.6 is 58.2 Å². The van der Waals surface area contributed by atoms with Gasteiger partial charge in [0.1, 0.15) is 0 Å². The van der Waals surface area contributed by atoms with Gasteiger partial charge in [0.25, 0.3) is 0 Å². The quantitative estimate of drug-likeness (QED) is 0.533. The van der Waals surface area contributed by atoms with Gasteiger partial charge >= 0.3 is 11.9 Å². The smallest absolute Gasteiger partial charge is 0.341 e. The highest BCUT2D eigenvalue weighted by molar-refractivity contribution is 7.99. The molecule has 0 aliphatic carbocycles. The molecular weight excluding hydrogens is 462 g/mol. The Morgan fingerprint density at radius 2 is 1.15 bits per heavy atom. The lowest BCUT2D eigenvalue weighted by Crippen LogP contribution is -2.11. The molecule has 0 spiro atoms. The molecule has 0 bridgehead atoms. The number of hydrogen-bond donors (Lipinski definition) is 2. The minimum absolute atomic E-state index is 0.0914. The third kappa shape index (κ3) is 6.26. The summed E-state index contributed by atoms with van der Waals surface area (Å²) in [6, 6.07) is 5.81. The van der Waals surface area contributed by atoms with Crippen molar-refractivity contribution in [3.63, 3.8) is 0 Å². The SMILES string of the molecule is O=C(O)COc1c(Cl)cc(Cl)cc1Sc1cc(Cl)cc(Cl)c1OCC(=O)O. The molecule has 0 fully saturated rings. The van der Waals surface area contributed by atoms with Crippen LogP contribution in [0.4, 0.5) is 0 Å². The molecule has 0 heterocycles. The molecule has 2 aromatic carbocycles. The lowest BCUT2D eigenvalue weighted by molar-refractivity contribution is -0.140. The first-order valence-electron chi connectivity index (χ1n) is 7.02. The standard InChI is InChI=1S/C16H10Cl4O6S/c17-7-1-9(19)15(25-5-13(21)22)11(3-7)27-12-4-8(18)2-10(20)16(12)26-6-14(23)24/h1-4H,5-6H2,(H,21,22)(H,23,24). The minimum Gasteiger partial charge on any atom is -0.479 e. The molecule has 0 saturated carbocycles. The van der Waals surface area contributed by atoms with Crippen LogP contribution in [0.2, 0.25) is 20.1 Å². The Morgan fingerprint density at radius 1 is 0.778 bits per heavy atom. The fourth-order valence-electron chi connectivity index (χ4n) is 1.89. The summed E-state index contributed by atoms with van der Waals surface area (Å²) in [5.74, 6) is -2.19. The van der Waals surface area contributed by atoms with Crippen molar-refractivity contribution in [3.05, 3.63) is 44.4 Å². The summed E-state index contributed by atoms with van der Waals surface area (Å²) < 4.78 is 10.5. The molecule has 2 N–H and O–H groups in total. The van der Waals surface area contributed by atoms with E-state index < -0.39 is 25.2 Å². The van der Waals surface area contributed by atoms with Crippen molar-refractivity contribution in [2.75, 3.05) is 13.2 Å². The van der Waals surface area contributed by atoms with E-state index in [0.29, 0.717) is 9.79 Å². The van der Waals surface area contributed by atoms with Crippen LogP contribution in [0.5, 0.6) is 11.5 Å². The summed E-state index contributed by atoms with van der Waals surface area (Å²) in [4.78, 5) is 22.3. The second kappa shape index (κ2) is 9.61. The van der Waals surface area contributed by atoms with Crippen molar-refractivity contribution in [1.29, 1.82) is 0 Å². The van der Waals surface area contributed by atoms with Gasteiger partial charge in [-0.3, -0.25) is 0 Å². The number of aliphatic carboxylic acids is 2. The molecule has 0 radical (unpaired) electrons. The van der Waals surface area contributed by atoms with E-state index in [2.05, 4.69) is 0 Å². The van der Waals surface area contributed by atoms with Gasteiger partial charge in [-0.25, -0.2) is 9.59 Å². The molecule has 0 saturated heterocycles. The van der Waals surface area contributed by atoms with Crippen LogP contribution in [0.15, 0.2) is 34.1 Å². The van der Waals surface area contributed by atoms with Crippen LogP contribution in [-0.2, 0) is 9.59 Å². The normalized spacial score (nSPS) is 10.5. The van der Waals surface area contributed by atoms with Crippen molar-refractivity contribution in [2.45, 2.75) is 9.79 Å². The van der Waals surface area contributed by atoms with E-state index in [1.165, 1.54) is 24.3 Å². The Hall–Kier alpha value is -1.51. The molecule has 0 unspecified atom stereocenters. The summed E-state index contributed by atoms with van der Waals surface area (Å²) in [7, 11) is 0. The monoisotopic (exact) mass is 470 g/mol. The van der Waals surface area contributed by atoms with E-state index in [0.717, 1.165) is 11.8 Å². The molecule has 27 heavy (non-hydrogen) atoms. The second-order valence-corrected chi connectivity index (χ2v) is 7.67. The molecule has 11 heteroatoms. The Bertz CT molecular complexity index is 818. The Kier molecular flexibility index (Phi) is 7.76. The van der Waals surface area contributed by atoms with Gasteiger partial charge in [-0.05, 0) is 24.3 Å². The van der Waals surface area contributed by atoms with Gasteiger partial charge in [0.2, 0.25) is 0 Å². The molecule has 0 aromatic heterocycles. The van der Waals surface area contributed by atoms with Gasteiger partial charge in [-0.2, -0.15) is 0 Å². The molecule has 2 aromatic rings. The first-order valence-corrected chi connectivity index (χ1v) is 9.35. The van der Waals surface area contributed by atoms with Gasteiger partial charge in [0, 0.05) is 10.0 Å². The highest BCUT2D eigenvalue weighted by Crippen LogP contribution is 2.47. The van der Waals surface area contributed by atoms with E-state index in [4.69, 9.17) is 66.1 Å². The average molecular weight is 472 g/mol. The topological polar surface area (TPSA) is 93.1 Å². The summed E-state index contributed by atoms with van der Waals surface area (Å²) in [5, 5.41) is 18.4. The van der Waals surface area contributed by atoms with Crippen LogP contribution in [0.3, 0.4) is 0 Å². The van der Waals surface area contributed by atoms with Gasteiger partial charge in [0.15, 0.2) is 24.7 Å². The number of carboxylic acids is 2. The largest absolute Gasteiger partial charge is 0.479 e. The van der Waals surface area contributed by atoms with Crippen LogP contribution in [0.1, 0.15) is 0 Å². The fraction of sp³-hybridized carbons (Fsp3) is 0.125. The molecule has 144 valence electrons. The number of rotatable bonds is 8. The summed E-state index contributed by atoms with van der Waals surface area (Å²) in [5.41, 5.74) is 0. The predicted molar refractivity (Wildman–Crippen MR) is 103 cm³/mol. The van der Waals surface area contributed by atoms with E-state index in [1.807, 2.05) is 0 Å². The number of halogens is 4. The maximum Gasteiger partial charge on any atom is 0.341 e. The number of ether oxygens (including phenoxy) is 2. The predicted octanol–water partition coefficient (Wildman–Crippen LogP) is 5.38. The molecular formula is C16H10Cl4O6S. The van der Waals surface area contributed by atoms with Gasteiger partial charge in [-0.15, -0.1) is 0 Å². The molecule has 0 amide bonds. The van der Waals surface area contributed by atoms with Crippen molar-refractivity contribution in [2.24, 2.45) is 0 Å². The van der Waals surface area contributed by atoms with Crippen LogP contribution in [-0.4, -0.2) is 35.4 Å². The van der Waals surface area contributed by atoms with Gasteiger partial charge in [-0.1, -0.05) is 58.2 Å². The Labute approximate surface area is 177 Å². The minimum atomic E-state index is -1.19. The van der Waals surface area contributed by atoms with Crippen LogP contribution < -0.4 is 9.47 Å². The van der Waals surface area contributed by atoms with Crippen LogP contribution in [0.25, 0.3) is 0 Å². The Morgan fingerprint density at radius 3 is 1.48 bits per heavy atom. The summed E-state index contributed by atoms with van der Waals surface area (Å²) >= 11 is 25.3. The maximum absolute atomic E-state index is 10.8. The number of benzene rings is 2. The van der Waals surface area contributed by atoms with E-state index in [-0.39, 0.29) is 31.6 Å². The zero-order valence-corrected chi connectivity index (χ0v) is 17.0. The van der Waals surface area contributed by atoms with E-state index in [1.54, 1.807) is 0 Å².